The first kappa shape index (κ1) is 16.4. The van der Waals surface area contributed by atoms with Crippen LogP contribution >= 0.6 is 0 Å². The Morgan fingerprint density at radius 2 is 2.14 bits per heavy atom. The minimum Gasteiger partial charge on any atom is -0.442 e. The molecule has 2 heterocycles. The van der Waals surface area contributed by atoms with Crippen LogP contribution in [0.15, 0.2) is 53.4 Å². The van der Waals surface area contributed by atoms with Gasteiger partial charge in [0.25, 0.3) is 5.92 Å². The van der Waals surface area contributed by atoms with Gasteiger partial charge in [0.05, 0.1) is 29.4 Å². The van der Waals surface area contributed by atoms with E-state index < -0.39 is 12.0 Å². The first-order valence-electron chi connectivity index (χ1n) is 8.61. The third-order valence-corrected chi connectivity index (χ3v) is 4.98. The van der Waals surface area contributed by atoms with Crippen LogP contribution in [0, 0.1) is 11.3 Å². The zero-order valence-corrected chi connectivity index (χ0v) is 14.4. The molecule has 2 aromatic heterocycles. The molecule has 0 unspecified atom stereocenters. The van der Waals surface area contributed by atoms with E-state index in [0.717, 1.165) is 10.9 Å². The first-order chi connectivity index (χ1) is 13.5. The summed E-state index contributed by atoms with van der Waals surface area (Å²) < 4.78 is 34.3. The van der Waals surface area contributed by atoms with E-state index in [1.165, 1.54) is 12.5 Å². The lowest BCUT2D eigenvalue weighted by Gasteiger charge is -2.15. The summed E-state index contributed by atoms with van der Waals surface area (Å²) in [5.74, 6) is -2.46. The van der Waals surface area contributed by atoms with Crippen molar-refractivity contribution in [3.05, 3.63) is 65.7 Å². The smallest absolute Gasteiger partial charge is 0.275 e. The Hall–Kier alpha value is -3.73. The minimum absolute atomic E-state index is 0.0872. The van der Waals surface area contributed by atoms with E-state index in [1.807, 2.05) is 24.3 Å². The van der Waals surface area contributed by atoms with Gasteiger partial charge in [-0.3, -0.25) is 5.10 Å². The molecule has 0 bridgehead atoms. The molecular formula is C20H13F2N5O. The van der Waals surface area contributed by atoms with Crippen molar-refractivity contribution in [1.82, 2.24) is 15.2 Å². The summed E-state index contributed by atoms with van der Waals surface area (Å²) in [5.41, 5.74) is 2.74. The molecule has 1 aliphatic carbocycles. The van der Waals surface area contributed by atoms with E-state index in [4.69, 9.17) is 9.68 Å². The number of H-pyrrole nitrogens is 1. The Kier molecular flexibility index (Phi) is 3.46. The van der Waals surface area contributed by atoms with Crippen LogP contribution in [-0.4, -0.2) is 15.2 Å². The molecule has 138 valence electrons. The maximum atomic E-state index is 14.5. The second-order valence-electron chi connectivity index (χ2n) is 6.72. The third-order valence-electron chi connectivity index (χ3n) is 4.98. The Labute approximate surface area is 157 Å². The van der Waals surface area contributed by atoms with Crippen molar-refractivity contribution in [3.63, 3.8) is 0 Å². The highest BCUT2D eigenvalue weighted by atomic mass is 19.3. The standard InChI is InChI=1S/C20H13F2N5O/c21-20(22)7-17(13-3-1-11(8-23)5-15(13)20)25-12-2-4-16-14(6-12)19(27-26-16)18-9-24-10-28-18/h1-6,9-10,17,25H,7H2,(H,26,27)/t17-/m1/s1. The largest absolute Gasteiger partial charge is 0.442 e. The van der Waals surface area contributed by atoms with Crippen LogP contribution < -0.4 is 5.32 Å². The lowest BCUT2D eigenvalue weighted by molar-refractivity contribution is -0.00529. The molecule has 6 nitrogen and oxygen atoms in total. The van der Waals surface area contributed by atoms with Crippen LogP contribution in [0.3, 0.4) is 0 Å². The van der Waals surface area contributed by atoms with Crippen LogP contribution in [0.25, 0.3) is 22.4 Å². The molecule has 2 N–H and O–H groups in total. The van der Waals surface area contributed by atoms with Gasteiger partial charge in [-0.2, -0.15) is 10.4 Å². The maximum absolute atomic E-state index is 14.5. The van der Waals surface area contributed by atoms with E-state index in [9.17, 15) is 8.78 Å². The van der Waals surface area contributed by atoms with Gasteiger partial charge in [-0.05, 0) is 35.9 Å². The highest BCUT2D eigenvalue weighted by Crippen LogP contribution is 2.48. The highest BCUT2D eigenvalue weighted by Gasteiger charge is 2.45. The van der Waals surface area contributed by atoms with E-state index in [1.54, 1.807) is 18.3 Å². The van der Waals surface area contributed by atoms with E-state index in [0.29, 0.717) is 22.7 Å². The molecule has 0 aliphatic heterocycles. The number of benzene rings is 2. The number of nitriles is 1. The van der Waals surface area contributed by atoms with E-state index in [2.05, 4.69) is 20.5 Å². The lowest BCUT2D eigenvalue weighted by Crippen LogP contribution is -2.11. The quantitative estimate of drug-likeness (QED) is 0.538. The molecule has 0 radical (unpaired) electrons. The number of alkyl halides is 2. The van der Waals surface area contributed by atoms with Crippen LogP contribution in [0.1, 0.15) is 29.2 Å². The average Bonchev–Trinajstić information content (AvgIpc) is 3.40. The number of hydrogen-bond acceptors (Lipinski definition) is 5. The number of halogens is 2. The van der Waals surface area contributed by atoms with Gasteiger partial charge < -0.3 is 9.73 Å². The molecule has 0 spiro atoms. The monoisotopic (exact) mass is 377 g/mol. The molecule has 1 aliphatic rings. The topological polar surface area (TPSA) is 90.5 Å². The van der Waals surface area contributed by atoms with Crippen molar-refractivity contribution in [3.8, 4) is 17.5 Å². The molecule has 4 aromatic rings. The van der Waals surface area contributed by atoms with Gasteiger partial charge in [0.2, 0.25) is 0 Å². The van der Waals surface area contributed by atoms with Crippen molar-refractivity contribution in [2.24, 2.45) is 0 Å². The summed E-state index contributed by atoms with van der Waals surface area (Å²) in [6.45, 7) is 0. The first-order valence-corrected chi connectivity index (χ1v) is 8.61. The summed E-state index contributed by atoms with van der Waals surface area (Å²) in [5, 5.41) is 20.2. The number of nitrogens with zero attached hydrogens (tertiary/aromatic N) is 3. The molecule has 0 fully saturated rings. The van der Waals surface area contributed by atoms with Gasteiger partial charge in [0.1, 0.15) is 5.69 Å². The predicted octanol–water partition coefficient (Wildman–Crippen LogP) is 4.74. The average molecular weight is 377 g/mol. The molecule has 5 rings (SSSR count). The highest BCUT2D eigenvalue weighted by molar-refractivity contribution is 5.93. The van der Waals surface area contributed by atoms with Gasteiger partial charge in [-0.15, -0.1) is 0 Å². The lowest BCUT2D eigenvalue weighted by atomic mass is 10.0. The van der Waals surface area contributed by atoms with Crippen molar-refractivity contribution in [1.29, 1.82) is 5.26 Å². The number of aromatic nitrogens is 3. The van der Waals surface area contributed by atoms with Gasteiger partial charge in [0.15, 0.2) is 12.2 Å². The van der Waals surface area contributed by atoms with Crippen molar-refractivity contribution < 1.29 is 13.2 Å². The number of hydrogen-bond donors (Lipinski definition) is 2. The normalized spacial score (nSPS) is 17.4. The number of rotatable bonds is 3. The number of aromatic amines is 1. The fourth-order valence-corrected chi connectivity index (χ4v) is 3.68. The fraction of sp³-hybridized carbons (Fsp3) is 0.150. The molecule has 0 saturated heterocycles. The number of oxazole rings is 1. The van der Waals surface area contributed by atoms with Crippen molar-refractivity contribution >= 4 is 16.6 Å². The summed E-state index contributed by atoms with van der Waals surface area (Å²) in [7, 11) is 0. The van der Waals surface area contributed by atoms with Crippen LogP contribution in [0.2, 0.25) is 0 Å². The van der Waals surface area contributed by atoms with Gasteiger partial charge >= 0.3 is 0 Å². The van der Waals surface area contributed by atoms with Gasteiger partial charge in [-0.1, -0.05) is 6.07 Å². The molecule has 0 saturated carbocycles. The van der Waals surface area contributed by atoms with Crippen LogP contribution in [0.5, 0.6) is 0 Å². The van der Waals surface area contributed by atoms with E-state index >= 15 is 0 Å². The molecule has 8 heteroatoms. The Morgan fingerprint density at radius 1 is 1.25 bits per heavy atom. The van der Waals surface area contributed by atoms with Crippen molar-refractivity contribution in [2.75, 3.05) is 5.32 Å². The Bertz CT molecular complexity index is 1220. The maximum Gasteiger partial charge on any atom is 0.275 e. The summed E-state index contributed by atoms with van der Waals surface area (Å²) in [6.07, 6.45) is 2.52. The SMILES string of the molecule is N#Cc1ccc2c(c1)C(F)(F)C[C@H]2Nc1ccc2[nH]nc(-c3cnco3)c2c1. The number of anilines is 1. The summed E-state index contributed by atoms with van der Waals surface area (Å²) in [4.78, 5) is 3.90. The minimum atomic E-state index is -2.98. The number of fused-ring (bicyclic) bond motifs is 2. The molecule has 0 amide bonds. The van der Waals surface area contributed by atoms with Crippen LogP contribution in [-0.2, 0) is 5.92 Å². The second kappa shape index (κ2) is 5.89. The molecule has 2 aromatic carbocycles. The van der Waals surface area contributed by atoms with E-state index in [-0.39, 0.29) is 17.5 Å². The van der Waals surface area contributed by atoms with Gasteiger partial charge in [-0.25, -0.2) is 13.8 Å². The predicted molar refractivity (Wildman–Crippen MR) is 97.6 cm³/mol. The molecular weight excluding hydrogens is 364 g/mol. The Morgan fingerprint density at radius 3 is 2.93 bits per heavy atom. The zero-order chi connectivity index (χ0) is 19.3. The zero-order valence-electron chi connectivity index (χ0n) is 14.4. The Balaban J connectivity index is 1.51. The summed E-state index contributed by atoms with van der Waals surface area (Å²) >= 11 is 0. The molecule has 1 atom stereocenters. The fourth-order valence-electron chi connectivity index (χ4n) is 3.68. The summed E-state index contributed by atoms with van der Waals surface area (Å²) in [6, 6.07) is 11.3. The second-order valence-corrected chi connectivity index (χ2v) is 6.72. The molecule has 28 heavy (non-hydrogen) atoms. The number of nitrogens with one attached hydrogen (secondary N) is 2. The van der Waals surface area contributed by atoms with Crippen molar-refractivity contribution in [2.45, 2.75) is 18.4 Å². The van der Waals surface area contributed by atoms with Crippen LogP contribution in [0.4, 0.5) is 14.5 Å². The third kappa shape index (κ3) is 2.52. The van der Waals surface area contributed by atoms with Gasteiger partial charge in [0, 0.05) is 23.1 Å².